The van der Waals surface area contributed by atoms with Crippen LogP contribution in [0.5, 0.6) is 0 Å². The molecule has 70 valence electrons. The van der Waals surface area contributed by atoms with Crippen molar-refractivity contribution in [3.8, 4) is 0 Å². The summed E-state index contributed by atoms with van der Waals surface area (Å²) in [6, 6.07) is 4.24. The Morgan fingerprint density at radius 2 is 2.36 bits per heavy atom. The first kappa shape index (κ1) is 8.38. The van der Waals surface area contributed by atoms with Gasteiger partial charge in [-0.2, -0.15) is 0 Å². The SMILES string of the molecule is O=NSc1nc2c3c(ccc2s1)CC3. The number of benzene rings is 1. The van der Waals surface area contributed by atoms with E-state index in [9.17, 15) is 4.91 Å². The molecule has 0 radical (unpaired) electrons. The third-order valence-electron chi connectivity index (χ3n) is 2.50. The number of hydrogen-bond acceptors (Lipinski definition) is 5. The molecule has 0 atom stereocenters. The molecular weight excluding hydrogens is 216 g/mol. The third kappa shape index (κ3) is 1.09. The molecule has 5 heteroatoms. The number of aromatic nitrogens is 1. The predicted octanol–water partition coefficient (Wildman–Crippen LogP) is 3.17. The first-order valence-corrected chi connectivity index (χ1v) is 5.88. The average Bonchev–Trinajstić information content (AvgIpc) is 2.47. The van der Waals surface area contributed by atoms with Gasteiger partial charge in [-0.05, 0) is 30.0 Å². The van der Waals surface area contributed by atoms with Crippen molar-refractivity contribution in [1.82, 2.24) is 4.98 Å². The number of aryl methyl sites for hydroxylation is 2. The highest BCUT2D eigenvalue weighted by Crippen LogP contribution is 2.36. The Balaban J connectivity index is 2.23. The summed E-state index contributed by atoms with van der Waals surface area (Å²) >= 11 is 2.45. The van der Waals surface area contributed by atoms with Gasteiger partial charge in [0.1, 0.15) is 0 Å². The van der Waals surface area contributed by atoms with E-state index in [0.29, 0.717) is 0 Å². The minimum absolute atomic E-state index is 0.746. The lowest BCUT2D eigenvalue weighted by Gasteiger charge is -2.17. The molecule has 0 spiro atoms. The lowest BCUT2D eigenvalue weighted by molar-refractivity contribution is 0.848. The highest BCUT2D eigenvalue weighted by molar-refractivity contribution is 7.99. The van der Waals surface area contributed by atoms with Crippen LogP contribution < -0.4 is 0 Å². The van der Waals surface area contributed by atoms with Crippen molar-refractivity contribution in [2.75, 3.05) is 0 Å². The fourth-order valence-corrected chi connectivity index (χ4v) is 3.17. The van der Waals surface area contributed by atoms with E-state index >= 15 is 0 Å². The van der Waals surface area contributed by atoms with Gasteiger partial charge in [0.05, 0.1) is 22.2 Å². The van der Waals surface area contributed by atoms with E-state index in [2.05, 4.69) is 21.7 Å². The van der Waals surface area contributed by atoms with Crippen molar-refractivity contribution >= 4 is 33.5 Å². The minimum atomic E-state index is 0.746. The normalized spacial score (nSPS) is 13.7. The molecule has 2 aromatic rings. The van der Waals surface area contributed by atoms with Gasteiger partial charge in [-0.1, -0.05) is 6.07 Å². The summed E-state index contributed by atoms with van der Waals surface area (Å²) < 4.78 is 4.69. The van der Waals surface area contributed by atoms with Gasteiger partial charge in [0.25, 0.3) is 0 Å². The number of fused-ring (bicyclic) bond motifs is 3. The topological polar surface area (TPSA) is 42.3 Å². The van der Waals surface area contributed by atoms with Crippen molar-refractivity contribution in [2.24, 2.45) is 4.58 Å². The van der Waals surface area contributed by atoms with Gasteiger partial charge < -0.3 is 0 Å². The Hall–Kier alpha value is -0.940. The lowest BCUT2D eigenvalue weighted by atomic mass is 9.88. The highest BCUT2D eigenvalue weighted by Gasteiger charge is 2.18. The molecule has 0 unspecified atom stereocenters. The standard InChI is InChI=1S/C9H6N2OS2/c12-11-14-9-10-8-6-3-1-5(6)2-4-7(8)13-9/h2,4H,1,3H2. The maximum Gasteiger partial charge on any atom is 0.177 e. The van der Waals surface area contributed by atoms with Gasteiger partial charge in [0, 0.05) is 4.58 Å². The van der Waals surface area contributed by atoms with E-state index in [1.165, 1.54) is 22.5 Å². The van der Waals surface area contributed by atoms with Crippen LogP contribution in [0, 0.1) is 4.91 Å². The Morgan fingerprint density at radius 3 is 3.07 bits per heavy atom. The molecule has 1 heterocycles. The maximum absolute atomic E-state index is 10.1. The molecule has 3 rings (SSSR count). The van der Waals surface area contributed by atoms with Gasteiger partial charge in [0.2, 0.25) is 0 Å². The van der Waals surface area contributed by atoms with Crippen LogP contribution in [0.15, 0.2) is 21.1 Å². The fraction of sp³-hybridized carbons (Fsp3) is 0.222. The second-order valence-electron chi connectivity index (χ2n) is 3.20. The first-order chi connectivity index (χ1) is 6.88. The average molecular weight is 222 g/mol. The van der Waals surface area contributed by atoms with E-state index < -0.39 is 0 Å². The van der Waals surface area contributed by atoms with Crippen molar-refractivity contribution in [2.45, 2.75) is 17.2 Å². The molecule has 1 aliphatic rings. The molecule has 0 saturated heterocycles. The number of nitrogens with zero attached hydrogens (tertiary/aromatic N) is 2. The minimum Gasteiger partial charge on any atom is -0.227 e. The molecule has 0 amide bonds. The zero-order valence-electron chi connectivity index (χ0n) is 7.19. The summed E-state index contributed by atoms with van der Waals surface area (Å²) in [5.41, 5.74) is 3.83. The van der Waals surface area contributed by atoms with Crippen LogP contribution in [0.3, 0.4) is 0 Å². The van der Waals surface area contributed by atoms with E-state index in [1.54, 1.807) is 0 Å². The maximum atomic E-state index is 10.1. The van der Waals surface area contributed by atoms with Gasteiger partial charge in [-0.15, -0.1) is 16.2 Å². The van der Waals surface area contributed by atoms with Crippen LogP contribution in [0.25, 0.3) is 10.2 Å². The molecular formula is C9H6N2OS2. The van der Waals surface area contributed by atoms with Crippen LogP contribution in [0.4, 0.5) is 0 Å². The molecule has 1 aromatic carbocycles. The Labute approximate surface area is 88.7 Å². The molecule has 1 aromatic heterocycles. The van der Waals surface area contributed by atoms with Crippen LogP contribution >= 0.6 is 23.3 Å². The quantitative estimate of drug-likeness (QED) is 0.579. The summed E-state index contributed by atoms with van der Waals surface area (Å²) in [4.78, 5) is 14.5. The number of rotatable bonds is 2. The Morgan fingerprint density at radius 1 is 1.43 bits per heavy atom. The van der Waals surface area contributed by atoms with Gasteiger partial charge in [-0.25, -0.2) is 4.98 Å². The second-order valence-corrected chi connectivity index (χ2v) is 5.20. The van der Waals surface area contributed by atoms with Crippen molar-refractivity contribution in [1.29, 1.82) is 0 Å². The molecule has 0 bridgehead atoms. The van der Waals surface area contributed by atoms with E-state index in [4.69, 9.17) is 0 Å². The molecule has 1 aliphatic carbocycles. The van der Waals surface area contributed by atoms with Gasteiger partial charge in [-0.3, -0.25) is 0 Å². The monoisotopic (exact) mass is 222 g/mol. The zero-order chi connectivity index (χ0) is 9.54. The molecule has 0 saturated carbocycles. The summed E-state index contributed by atoms with van der Waals surface area (Å²) in [7, 11) is 0. The predicted molar refractivity (Wildman–Crippen MR) is 58.7 cm³/mol. The summed E-state index contributed by atoms with van der Waals surface area (Å²) in [5.74, 6) is 0. The Bertz CT molecular complexity index is 521. The molecule has 0 N–H and O–H groups in total. The second kappa shape index (κ2) is 3.03. The number of thiazole rings is 1. The summed E-state index contributed by atoms with van der Waals surface area (Å²) in [5, 5.41) is 0. The van der Waals surface area contributed by atoms with Crippen molar-refractivity contribution in [3.63, 3.8) is 0 Å². The highest BCUT2D eigenvalue weighted by atomic mass is 32.2. The van der Waals surface area contributed by atoms with E-state index in [-0.39, 0.29) is 0 Å². The number of hydrogen-bond donors (Lipinski definition) is 0. The van der Waals surface area contributed by atoms with Crippen LogP contribution in [-0.2, 0) is 12.8 Å². The summed E-state index contributed by atoms with van der Waals surface area (Å²) in [6.07, 6.45) is 2.28. The zero-order valence-corrected chi connectivity index (χ0v) is 8.82. The first-order valence-electron chi connectivity index (χ1n) is 4.29. The van der Waals surface area contributed by atoms with E-state index in [0.717, 1.165) is 39.3 Å². The molecule has 0 fully saturated rings. The van der Waals surface area contributed by atoms with Crippen molar-refractivity contribution < 1.29 is 0 Å². The molecule has 14 heavy (non-hydrogen) atoms. The van der Waals surface area contributed by atoms with E-state index in [1.807, 2.05) is 0 Å². The third-order valence-corrected chi connectivity index (χ3v) is 4.11. The molecule has 3 nitrogen and oxygen atoms in total. The van der Waals surface area contributed by atoms with Gasteiger partial charge >= 0.3 is 0 Å². The fourth-order valence-electron chi connectivity index (χ4n) is 1.74. The van der Waals surface area contributed by atoms with Crippen LogP contribution in [0.1, 0.15) is 11.1 Å². The van der Waals surface area contributed by atoms with Crippen molar-refractivity contribution in [3.05, 3.63) is 28.2 Å². The Kier molecular flexibility index (Phi) is 1.81. The van der Waals surface area contributed by atoms with Crippen LogP contribution in [0.2, 0.25) is 0 Å². The van der Waals surface area contributed by atoms with Crippen LogP contribution in [-0.4, -0.2) is 4.98 Å². The largest absolute Gasteiger partial charge is 0.227 e. The summed E-state index contributed by atoms with van der Waals surface area (Å²) in [6.45, 7) is 0. The molecule has 0 aliphatic heterocycles. The number of nitroso groups, excluding NO2 is 1. The lowest BCUT2D eigenvalue weighted by Crippen LogP contribution is -2.08. The smallest absolute Gasteiger partial charge is 0.177 e. The van der Waals surface area contributed by atoms with Gasteiger partial charge in [0.15, 0.2) is 4.34 Å².